The van der Waals surface area contributed by atoms with Gasteiger partial charge in [-0.25, -0.2) is 8.78 Å². The first-order valence-electron chi connectivity index (χ1n) is 45.5. The summed E-state index contributed by atoms with van der Waals surface area (Å²) < 4.78 is 52.4. The van der Waals surface area contributed by atoms with Crippen LogP contribution in [0.4, 0.5) is 20.2 Å². The lowest BCUT2D eigenvalue weighted by Crippen LogP contribution is -2.44. The number of rotatable bonds is 20. The van der Waals surface area contributed by atoms with Crippen LogP contribution in [0.25, 0.3) is 11.1 Å². The number of alkyl halides is 1. The Morgan fingerprint density at radius 2 is 1.27 bits per heavy atom. The first kappa shape index (κ1) is 77.1. The van der Waals surface area contributed by atoms with Gasteiger partial charge in [0, 0.05) is 86.6 Å². The van der Waals surface area contributed by atoms with Crippen molar-refractivity contribution in [1.29, 1.82) is 0 Å². The molecule has 0 saturated carbocycles. The molecule has 7 heteroatoms. The molecule has 0 N–H and O–H groups in total. The highest BCUT2D eigenvalue weighted by atomic mass is 19.1. The number of ether oxygens (including phenoxy) is 3. The van der Waals surface area contributed by atoms with Gasteiger partial charge in [0.05, 0.1) is 0 Å². The molecular weight excluding hydrogens is 1480 g/mol. The van der Waals surface area contributed by atoms with Crippen molar-refractivity contribution >= 4 is 22.5 Å². The van der Waals surface area contributed by atoms with E-state index in [0.717, 1.165) is 150 Å². The van der Waals surface area contributed by atoms with E-state index in [1.54, 1.807) is 17.7 Å². The van der Waals surface area contributed by atoms with Gasteiger partial charge in [0.1, 0.15) is 47.6 Å². The van der Waals surface area contributed by atoms with Crippen molar-refractivity contribution < 1.29 is 23.0 Å². The van der Waals surface area contributed by atoms with Gasteiger partial charge in [-0.05, 0) is 292 Å². The molecule has 0 saturated heterocycles. The van der Waals surface area contributed by atoms with Crippen molar-refractivity contribution in [2.24, 2.45) is 47.3 Å². The van der Waals surface area contributed by atoms with Crippen LogP contribution in [0.5, 0.6) is 11.5 Å². The summed E-state index contributed by atoms with van der Waals surface area (Å²) >= 11 is 0. The molecule has 1 heterocycles. The van der Waals surface area contributed by atoms with Crippen molar-refractivity contribution in [3.63, 3.8) is 0 Å². The zero-order chi connectivity index (χ0) is 81.1. The van der Waals surface area contributed by atoms with Crippen LogP contribution in [0.15, 0.2) is 386 Å². The molecule has 121 heavy (non-hydrogen) atoms. The van der Waals surface area contributed by atoms with Crippen LogP contribution in [-0.4, -0.2) is 35.4 Å². The molecule has 15 aliphatic rings. The Kier molecular flexibility index (Phi) is 21.0. The summed E-state index contributed by atoms with van der Waals surface area (Å²) in [4.78, 5) is 5.31. The Hall–Kier alpha value is -11.3. The Morgan fingerprint density at radius 1 is 0.529 bits per heavy atom. The summed E-state index contributed by atoms with van der Waals surface area (Å²) in [6.07, 6.45) is 84.0. The normalized spacial score (nSPS) is 31.3. The Bertz CT molecular complexity index is 5690. The zero-order valence-corrected chi connectivity index (χ0v) is 69.5. The molecule has 14 aliphatic carbocycles. The maximum Gasteiger partial charge on any atom is 0.130 e. The monoisotopic (exact) mass is 1590 g/mol. The molecule has 0 radical (unpaired) electrons. The number of fused-ring (bicyclic) bond motifs is 7. The van der Waals surface area contributed by atoms with Crippen LogP contribution >= 0.6 is 0 Å². The SMILES string of the molecule is C=CC1C=CC(OC2C=CC(C3(c4ccc(F)cc4)C4=C(C=CCC4)C4C=CC(N(C5=CC6Oc7cc(N(c8ccc9c(c8)C(c8ccc(OC%10C=CC(C=C)CC%10)cc8)(C8C=CC(F)CC8)C8=C9C=CCC8)C8CC=C(C9C=CC=C(c%10ccccc%10)C9)CC8)ccc7C6C=C5)C5=CCC(C6=CC=CC(c7ccccc7)C6)CC5)=CC43)CC2)=CC1. The molecule has 17 unspecified atom stereocenters. The number of hydrogen-bond acceptors (Lipinski definition) is 5. The first-order valence-corrected chi connectivity index (χ1v) is 45.5. The molecule has 0 aromatic heterocycles. The highest BCUT2D eigenvalue weighted by Crippen LogP contribution is 2.65. The minimum Gasteiger partial charge on any atom is -0.487 e. The van der Waals surface area contributed by atoms with Gasteiger partial charge in [-0.1, -0.05) is 247 Å². The quantitative estimate of drug-likeness (QED) is 0.0712. The minimum absolute atomic E-state index is 0.00131. The van der Waals surface area contributed by atoms with Gasteiger partial charge in [-0.15, -0.1) is 13.2 Å². The second kappa shape index (κ2) is 32.9. The van der Waals surface area contributed by atoms with E-state index >= 15 is 8.78 Å². The van der Waals surface area contributed by atoms with Gasteiger partial charge in [-0.2, -0.15) is 0 Å². The van der Waals surface area contributed by atoms with Crippen molar-refractivity contribution in [1.82, 2.24) is 4.90 Å². The first-order chi connectivity index (χ1) is 59.6. The standard InChI is InChI=1S/C114H110F2N2O3/c1-3-75-29-57-97(58-30-75)119-99-61-41-87(42-62-99)113(85-37-45-89(115)46-38-85)107-27-13-11-25-101(107)103-65-53-93(71-109(103)113)117(91-49-33-79(34-50-91)83-23-15-21-81(69-83)77-17-7-5-8-18-77)95-55-67-105-106-68-56-96(74-112(106)121-111(105)73-95)118(92-51-35-80(36-52-92)84-24-16-22-82(70-84)78-19-9-6-10-20-78)94-54-66-104-102-26-12-14-28-108(102)114(110(104)72-94,86-39-47-90(116)48-40-86)88-43-63-100(64-44-88)120-98-59-31-76(4-2)32-60-98/h3-12,15-26,29,31,33,37,39-43,45,47-48,51,53-57,59-63,65-68,71-76,80,82-83,85,88-89,91,97,100,104,106,110,112H,1-2,13-14,27-28,30,32,34-36,38,44,46,49-50,52,58,64,69-70H2. The van der Waals surface area contributed by atoms with E-state index < -0.39 is 17.0 Å². The molecule has 17 atom stereocenters. The minimum atomic E-state index is -0.968. The second-order valence-corrected chi connectivity index (χ2v) is 36.5. The summed E-state index contributed by atoms with van der Waals surface area (Å²) in [6, 6.07) is 53.4. The van der Waals surface area contributed by atoms with E-state index in [4.69, 9.17) is 14.2 Å². The van der Waals surface area contributed by atoms with Gasteiger partial charge in [0.2, 0.25) is 0 Å². The van der Waals surface area contributed by atoms with E-state index in [2.05, 4.69) is 314 Å². The van der Waals surface area contributed by atoms with Crippen LogP contribution in [-0.2, 0) is 15.6 Å². The van der Waals surface area contributed by atoms with E-state index in [0.29, 0.717) is 36.0 Å². The smallest absolute Gasteiger partial charge is 0.130 e. The molecule has 1 aliphatic heterocycles. The lowest BCUT2D eigenvalue weighted by atomic mass is 9.56. The summed E-state index contributed by atoms with van der Waals surface area (Å²) in [6.45, 7) is 8.12. The van der Waals surface area contributed by atoms with Gasteiger partial charge >= 0.3 is 0 Å². The third-order valence-electron chi connectivity index (χ3n) is 30.1. The zero-order valence-electron chi connectivity index (χ0n) is 69.5. The van der Waals surface area contributed by atoms with E-state index in [1.165, 1.54) is 83.8 Å². The molecule has 0 spiro atoms. The molecule has 21 rings (SSSR count). The summed E-state index contributed by atoms with van der Waals surface area (Å²) in [5.41, 5.74) is 23.9. The Labute approximate surface area is 715 Å². The lowest BCUT2D eigenvalue weighted by molar-refractivity contribution is 0.130. The van der Waals surface area contributed by atoms with Gasteiger partial charge in [0.15, 0.2) is 0 Å². The fraction of sp³-hybridized carbons (Fsp3) is 0.316. The average molecular weight is 1590 g/mol. The van der Waals surface area contributed by atoms with Crippen LogP contribution in [0, 0.1) is 53.2 Å². The number of nitrogens with zero attached hydrogens (tertiary/aromatic N) is 2. The van der Waals surface area contributed by atoms with E-state index in [-0.39, 0.29) is 59.8 Å². The number of halogens is 2. The maximum atomic E-state index is 15.7. The Balaban J connectivity index is 0.647. The Morgan fingerprint density at radius 3 is 2.03 bits per heavy atom. The predicted molar refractivity (Wildman–Crippen MR) is 491 cm³/mol. The van der Waals surface area contributed by atoms with Gasteiger partial charge in [0.25, 0.3) is 0 Å². The van der Waals surface area contributed by atoms with Gasteiger partial charge < -0.3 is 24.0 Å². The van der Waals surface area contributed by atoms with E-state index in [1.807, 2.05) is 18.2 Å². The molecule has 0 amide bonds. The third kappa shape index (κ3) is 14.3. The van der Waals surface area contributed by atoms with Crippen molar-refractivity contribution in [3.8, 4) is 11.5 Å². The van der Waals surface area contributed by atoms with Crippen LogP contribution < -0.4 is 14.4 Å². The second-order valence-electron chi connectivity index (χ2n) is 36.5. The van der Waals surface area contributed by atoms with Crippen molar-refractivity contribution in [3.05, 3.63) is 430 Å². The molecule has 6 aromatic rings. The highest BCUT2D eigenvalue weighted by molar-refractivity contribution is 5.91. The molecular formula is C114H110F2N2O3. The van der Waals surface area contributed by atoms with Crippen molar-refractivity contribution in [2.45, 2.75) is 175 Å². The molecule has 0 fully saturated rings. The largest absolute Gasteiger partial charge is 0.487 e. The number of anilines is 2. The lowest BCUT2D eigenvalue weighted by Gasteiger charge is -2.47. The summed E-state index contributed by atoms with van der Waals surface area (Å²) in [5.74, 6) is 4.68. The summed E-state index contributed by atoms with van der Waals surface area (Å²) in [5, 5.41) is 0. The van der Waals surface area contributed by atoms with Crippen LogP contribution in [0.1, 0.15) is 173 Å². The average Bonchev–Trinajstić information content (AvgIpc) is 1.58. The van der Waals surface area contributed by atoms with Gasteiger partial charge in [-0.3, -0.25) is 0 Å². The fourth-order valence-electron chi connectivity index (χ4n) is 24.1. The molecule has 6 aromatic carbocycles. The van der Waals surface area contributed by atoms with Crippen molar-refractivity contribution in [2.75, 3.05) is 4.90 Å². The fourth-order valence-corrected chi connectivity index (χ4v) is 24.1. The maximum absolute atomic E-state index is 15.7. The molecule has 5 nitrogen and oxygen atoms in total. The third-order valence-corrected chi connectivity index (χ3v) is 30.1. The number of hydrogen-bond donors (Lipinski definition) is 0. The number of benzene rings is 6. The highest BCUT2D eigenvalue weighted by Gasteiger charge is 2.58. The molecule has 0 bridgehead atoms. The topological polar surface area (TPSA) is 34.2 Å². The predicted octanol–water partition coefficient (Wildman–Crippen LogP) is 27.9. The molecule has 608 valence electrons. The summed E-state index contributed by atoms with van der Waals surface area (Å²) in [7, 11) is 0. The van der Waals surface area contributed by atoms with E-state index in [9.17, 15) is 0 Å². The number of allylic oxidation sites excluding steroid dienone is 32. The van der Waals surface area contributed by atoms with Crippen LogP contribution in [0.2, 0.25) is 0 Å². The van der Waals surface area contributed by atoms with Crippen LogP contribution in [0.3, 0.4) is 0 Å².